The van der Waals surface area contributed by atoms with E-state index in [1.54, 1.807) is 0 Å². The fraction of sp³-hybridized carbons (Fsp3) is 0.774. The van der Waals surface area contributed by atoms with Gasteiger partial charge in [-0.25, -0.2) is 4.57 Å². The molecule has 0 heterocycles. The van der Waals surface area contributed by atoms with Crippen LogP contribution in [0.2, 0.25) is 0 Å². The first-order valence-electron chi connectivity index (χ1n) is 29.8. The standard InChI is InChI=1S/C62H113N2O7P/c1-7-10-13-16-19-22-25-28-30-31-32-33-35-36-39-42-45-48-51-54-61(65)63-59(58-70-72(67,68)69-57-56-64(4,5)6)60(53-50-47-44-41-38-27-24-21-18-15-12-9-3)71-62(66)55-52-49-46-43-40-37-34-29-26-23-20-17-14-11-8-2/h19,22-23,26,28,30,32-33,36,39,50,53,59-60H,7-18,20-21,24-25,27,29,31,34-35,37-38,40-49,51-52,54-58H2,1-6H3,(H-,63,65,67,68)/p+1/b22-19-,26-23-,30-28-,33-32-,39-36-,53-50-. The van der Waals surface area contributed by atoms with Crippen LogP contribution in [0.15, 0.2) is 72.9 Å². The van der Waals surface area contributed by atoms with Gasteiger partial charge in [0.25, 0.3) is 0 Å². The van der Waals surface area contributed by atoms with Crippen molar-refractivity contribution in [2.45, 2.75) is 270 Å². The molecule has 1 amide bonds. The minimum absolute atomic E-state index is 0.0309. The second kappa shape index (κ2) is 51.9. The lowest BCUT2D eigenvalue weighted by Gasteiger charge is -2.27. The van der Waals surface area contributed by atoms with Gasteiger partial charge in [-0.05, 0) is 102 Å². The van der Waals surface area contributed by atoms with Crippen LogP contribution in [0.3, 0.4) is 0 Å². The predicted molar refractivity (Wildman–Crippen MR) is 309 cm³/mol. The molecule has 0 aromatic rings. The molecule has 0 aliphatic rings. The molecule has 72 heavy (non-hydrogen) atoms. The number of hydrogen-bond acceptors (Lipinski definition) is 6. The second-order valence-corrected chi connectivity index (χ2v) is 22.6. The van der Waals surface area contributed by atoms with Crippen molar-refractivity contribution in [3.05, 3.63) is 72.9 Å². The summed E-state index contributed by atoms with van der Waals surface area (Å²) in [5, 5.41) is 3.03. The predicted octanol–water partition coefficient (Wildman–Crippen LogP) is 18.1. The van der Waals surface area contributed by atoms with Crippen LogP contribution in [0.5, 0.6) is 0 Å². The number of carbonyl (C=O) groups is 2. The molecule has 0 fully saturated rings. The minimum Gasteiger partial charge on any atom is -0.456 e. The summed E-state index contributed by atoms with van der Waals surface area (Å²) in [6, 6.07) is -0.868. The number of phosphoric ester groups is 1. The molecule has 9 nitrogen and oxygen atoms in total. The van der Waals surface area contributed by atoms with Crippen LogP contribution >= 0.6 is 7.82 Å². The van der Waals surface area contributed by atoms with Gasteiger partial charge in [-0.15, -0.1) is 0 Å². The maximum absolute atomic E-state index is 13.5. The fourth-order valence-electron chi connectivity index (χ4n) is 8.21. The molecule has 0 aromatic carbocycles. The number of esters is 1. The third-order valence-corrected chi connectivity index (χ3v) is 13.9. The zero-order chi connectivity index (χ0) is 52.9. The number of allylic oxidation sites excluding steroid dienone is 11. The quantitative estimate of drug-likeness (QED) is 0.0205. The van der Waals surface area contributed by atoms with Crippen LogP contribution in [0.25, 0.3) is 0 Å². The van der Waals surface area contributed by atoms with E-state index >= 15 is 0 Å². The average Bonchev–Trinajstić information content (AvgIpc) is 3.34. The summed E-state index contributed by atoms with van der Waals surface area (Å²) in [5.74, 6) is -0.546. The summed E-state index contributed by atoms with van der Waals surface area (Å²) in [6.45, 7) is 6.94. The molecule has 0 bridgehead atoms. The zero-order valence-electron chi connectivity index (χ0n) is 47.7. The third-order valence-electron chi connectivity index (χ3n) is 12.9. The molecule has 3 atom stereocenters. The van der Waals surface area contributed by atoms with Gasteiger partial charge in [0.15, 0.2) is 0 Å². The zero-order valence-corrected chi connectivity index (χ0v) is 48.6. The molecule has 0 saturated heterocycles. The van der Waals surface area contributed by atoms with Crippen molar-refractivity contribution in [3.63, 3.8) is 0 Å². The van der Waals surface area contributed by atoms with Crippen LogP contribution < -0.4 is 5.32 Å². The molecule has 418 valence electrons. The van der Waals surface area contributed by atoms with E-state index in [0.717, 1.165) is 89.9 Å². The van der Waals surface area contributed by atoms with E-state index in [0.29, 0.717) is 23.9 Å². The number of unbranched alkanes of at least 4 members (excludes halogenated alkanes) is 27. The van der Waals surface area contributed by atoms with Gasteiger partial charge in [-0.2, -0.15) is 0 Å². The Balaban J connectivity index is 5.38. The molecular formula is C62H114N2O7P+. The Hall–Kier alpha value is -2.55. The SMILES string of the molecule is CCCCC/C=C\C/C=C\C/C=C\C/C=C\CCCCCC(=O)NC(COP(=O)(O)OCC[N+](C)(C)C)C(/C=C\CCCCCCCCCCCC)OC(=O)CCCCCCCCC/C=C\CCCCCC. The number of hydrogen-bond donors (Lipinski definition) is 2. The lowest BCUT2D eigenvalue weighted by atomic mass is 10.0. The van der Waals surface area contributed by atoms with Gasteiger partial charge in [-0.1, -0.05) is 216 Å². The number of rotatable bonds is 53. The van der Waals surface area contributed by atoms with E-state index < -0.39 is 20.0 Å². The molecule has 0 aliphatic carbocycles. The maximum Gasteiger partial charge on any atom is 0.472 e. The third kappa shape index (κ3) is 52.3. The monoisotopic (exact) mass is 1030 g/mol. The Labute approximate surface area is 444 Å². The summed E-state index contributed by atoms with van der Waals surface area (Å²) in [4.78, 5) is 37.6. The summed E-state index contributed by atoms with van der Waals surface area (Å²) in [6.07, 6.45) is 66.0. The molecule has 10 heteroatoms. The molecule has 2 N–H and O–H groups in total. The van der Waals surface area contributed by atoms with E-state index in [4.69, 9.17) is 13.8 Å². The second-order valence-electron chi connectivity index (χ2n) is 21.2. The molecule has 0 aromatic heterocycles. The number of nitrogens with zero attached hydrogens (tertiary/aromatic N) is 1. The highest BCUT2D eigenvalue weighted by Gasteiger charge is 2.30. The van der Waals surface area contributed by atoms with Crippen molar-refractivity contribution >= 4 is 19.7 Å². The van der Waals surface area contributed by atoms with Gasteiger partial charge in [-0.3, -0.25) is 18.6 Å². The molecular weight excluding hydrogens is 916 g/mol. The van der Waals surface area contributed by atoms with Gasteiger partial charge in [0.05, 0.1) is 33.8 Å². The number of quaternary nitrogens is 1. The van der Waals surface area contributed by atoms with Crippen molar-refractivity contribution in [1.82, 2.24) is 5.32 Å². The summed E-state index contributed by atoms with van der Waals surface area (Å²) < 4.78 is 30.6. The van der Waals surface area contributed by atoms with E-state index in [-0.39, 0.29) is 31.5 Å². The first-order valence-corrected chi connectivity index (χ1v) is 31.3. The lowest BCUT2D eigenvalue weighted by molar-refractivity contribution is -0.870. The van der Waals surface area contributed by atoms with Crippen molar-refractivity contribution in [2.24, 2.45) is 0 Å². The Kier molecular flexibility index (Phi) is 50.1. The number of ether oxygens (including phenoxy) is 1. The normalized spacial score (nSPS) is 14.3. The number of likely N-dealkylation sites (N-methyl/N-ethyl adjacent to an activating group) is 1. The number of carbonyl (C=O) groups excluding carboxylic acids is 2. The molecule has 3 unspecified atom stereocenters. The highest BCUT2D eigenvalue weighted by Crippen LogP contribution is 2.43. The fourth-order valence-corrected chi connectivity index (χ4v) is 8.95. The van der Waals surface area contributed by atoms with Crippen LogP contribution in [0.1, 0.15) is 258 Å². The Morgan fingerprint density at radius 3 is 1.33 bits per heavy atom. The Bertz CT molecular complexity index is 1460. The van der Waals surface area contributed by atoms with E-state index in [9.17, 15) is 19.0 Å². The lowest BCUT2D eigenvalue weighted by Crippen LogP contribution is -2.47. The van der Waals surface area contributed by atoms with Crippen molar-refractivity contribution in [2.75, 3.05) is 40.9 Å². The number of amides is 1. The first-order chi connectivity index (χ1) is 34.9. The van der Waals surface area contributed by atoms with Crippen LogP contribution in [-0.4, -0.2) is 74.3 Å². The van der Waals surface area contributed by atoms with Crippen molar-refractivity contribution in [3.8, 4) is 0 Å². The highest BCUT2D eigenvalue weighted by atomic mass is 31.2. The smallest absolute Gasteiger partial charge is 0.456 e. The largest absolute Gasteiger partial charge is 0.472 e. The topological polar surface area (TPSA) is 111 Å². The van der Waals surface area contributed by atoms with Gasteiger partial charge in [0.2, 0.25) is 5.91 Å². The molecule has 0 rings (SSSR count). The van der Waals surface area contributed by atoms with Crippen LogP contribution in [0, 0.1) is 0 Å². The average molecular weight is 1030 g/mol. The van der Waals surface area contributed by atoms with Gasteiger partial charge in [0.1, 0.15) is 19.3 Å². The molecule has 0 aliphatic heterocycles. The van der Waals surface area contributed by atoms with E-state index in [1.165, 1.54) is 128 Å². The molecule has 0 radical (unpaired) electrons. The van der Waals surface area contributed by atoms with E-state index in [2.05, 4.69) is 86.8 Å². The summed E-state index contributed by atoms with van der Waals surface area (Å²) in [5.41, 5.74) is 0. The molecule has 0 spiro atoms. The van der Waals surface area contributed by atoms with Crippen molar-refractivity contribution < 1.29 is 37.3 Å². The van der Waals surface area contributed by atoms with Gasteiger partial charge >= 0.3 is 13.8 Å². The highest BCUT2D eigenvalue weighted by molar-refractivity contribution is 7.47. The number of nitrogens with one attached hydrogen (secondary N) is 1. The van der Waals surface area contributed by atoms with E-state index in [1.807, 2.05) is 33.3 Å². The summed E-state index contributed by atoms with van der Waals surface area (Å²) >= 11 is 0. The summed E-state index contributed by atoms with van der Waals surface area (Å²) in [7, 11) is 1.47. The first kappa shape index (κ1) is 69.5. The number of phosphoric acid groups is 1. The van der Waals surface area contributed by atoms with Crippen molar-refractivity contribution in [1.29, 1.82) is 0 Å². The van der Waals surface area contributed by atoms with Crippen LogP contribution in [0.4, 0.5) is 0 Å². The maximum atomic E-state index is 13.5. The Morgan fingerprint density at radius 2 is 0.847 bits per heavy atom. The van der Waals surface area contributed by atoms with Gasteiger partial charge < -0.3 is 19.4 Å². The minimum atomic E-state index is -4.46. The Morgan fingerprint density at radius 1 is 0.486 bits per heavy atom. The van der Waals surface area contributed by atoms with Crippen LogP contribution in [-0.2, 0) is 27.9 Å². The van der Waals surface area contributed by atoms with Gasteiger partial charge in [0, 0.05) is 12.8 Å². The molecule has 0 saturated carbocycles.